The number of hydrogen-bond donors (Lipinski definition) is 1. The van der Waals surface area contributed by atoms with Crippen LogP contribution in [-0.4, -0.2) is 24.6 Å². The third-order valence-corrected chi connectivity index (χ3v) is 2.36. The summed E-state index contributed by atoms with van der Waals surface area (Å²) in [6.07, 6.45) is 3.17. The normalized spacial score (nSPS) is 11.8. The van der Waals surface area contributed by atoms with E-state index in [1.807, 2.05) is 0 Å². The SMILES string of the molecule is O=S(=O)(O)CCCCCCCl. The van der Waals surface area contributed by atoms with Gasteiger partial charge in [-0.2, -0.15) is 8.42 Å². The average Bonchev–Trinajstić information content (AvgIpc) is 1.85. The van der Waals surface area contributed by atoms with E-state index in [1.165, 1.54) is 0 Å². The molecule has 0 amide bonds. The fourth-order valence-electron chi connectivity index (χ4n) is 0.733. The molecule has 0 aliphatic carbocycles. The molecule has 0 spiro atoms. The molecule has 1 N–H and O–H groups in total. The first-order valence-electron chi connectivity index (χ1n) is 3.57. The Kier molecular flexibility index (Phi) is 5.91. The number of halogens is 1. The third kappa shape index (κ3) is 10.2. The van der Waals surface area contributed by atoms with Crippen molar-refractivity contribution >= 4 is 21.7 Å². The Bertz CT molecular complexity index is 176. The van der Waals surface area contributed by atoms with Crippen LogP contribution in [0.3, 0.4) is 0 Å². The zero-order valence-electron chi connectivity index (χ0n) is 6.29. The van der Waals surface area contributed by atoms with Crippen molar-refractivity contribution in [2.75, 3.05) is 11.6 Å². The second-order valence-corrected chi connectivity index (χ2v) is 4.34. The highest BCUT2D eigenvalue weighted by Crippen LogP contribution is 2.02. The van der Waals surface area contributed by atoms with E-state index in [1.54, 1.807) is 0 Å². The molecule has 11 heavy (non-hydrogen) atoms. The minimum atomic E-state index is -3.74. The highest BCUT2D eigenvalue weighted by Gasteiger charge is 2.02. The van der Waals surface area contributed by atoms with Gasteiger partial charge in [0.1, 0.15) is 0 Å². The lowest BCUT2D eigenvalue weighted by Gasteiger charge is -1.96. The molecule has 5 heteroatoms. The van der Waals surface area contributed by atoms with Crippen LogP contribution in [0, 0.1) is 0 Å². The maximum Gasteiger partial charge on any atom is 0.264 e. The van der Waals surface area contributed by atoms with Gasteiger partial charge in [-0.25, -0.2) is 0 Å². The van der Waals surface area contributed by atoms with Gasteiger partial charge in [-0.3, -0.25) is 4.55 Å². The van der Waals surface area contributed by atoms with E-state index in [2.05, 4.69) is 0 Å². The van der Waals surface area contributed by atoms with Crippen LogP contribution in [0.25, 0.3) is 0 Å². The Morgan fingerprint density at radius 1 is 1.09 bits per heavy atom. The standard InChI is InChI=1S/C6H13ClO3S/c7-5-3-1-2-4-6-11(8,9)10/h1-6H2,(H,8,9,10). The number of hydrogen-bond acceptors (Lipinski definition) is 2. The van der Waals surface area contributed by atoms with Crippen LogP contribution >= 0.6 is 11.6 Å². The largest absolute Gasteiger partial charge is 0.286 e. The van der Waals surface area contributed by atoms with Gasteiger partial charge in [0.15, 0.2) is 0 Å². The van der Waals surface area contributed by atoms with E-state index in [-0.39, 0.29) is 5.75 Å². The third-order valence-electron chi connectivity index (χ3n) is 1.29. The van der Waals surface area contributed by atoms with E-state index in [0.717, 1.165) is 19.3 Å². The van der Waals surface area contributed by atoms with Crippen molar-refractivity contribution in [3.05, 3.63) is 0 Å². The molecule has 0 aromatic carbocycles. The summed E-state index contributed by atoms with van der Waals surface area (Å²) in [7, 11) is -3.74. The molecule has 0 radical (unpaired) electrons. The van der Waals surface area contributed by atoms with Gasteiger partial charge in [0.05, 0.1) is 5.75 Å². The molecular weight excluding hydrogens is 188 g/mol. The van der Waals surface area contributed by atoms with Crippen molar-refractivity contribution in [1.82, 2.24) is 0 Å². The van der Waals surface area contributed by atoms with Crippen molar-refractivity contribution in [3.8, 4) is 0 Å². The van der Waals surface area contributed by atoms with E-state index in [0.29, 0.717) is 12.3 Å². The van der Waals surface area contributed by atoms with Gasteiger partial charge in [-0.1, -0.05) is 12.8 Å². The molecule has 0 saturated heterocycles. The monoisotopic (exact) mass is 200 g/mol. The lowest BCUT2D eigenvalue weighted by Crippen LogP contribution is -2.03. The van der Waals surface area contributed by atoms with Gasteiger partial charge in [0, 0.05) is 5.88 Å². The van der Waals surface area contributed by atoms with Crippen LogP contribution in [0.5, 0.6) is 0 Å². The van der Waals surface area contributed by atoms with Gasteiger partial charge in [-0.05, 0) is 12.8 Å². The van der Waals surface area contributed by atoms with E-state index in [9.17, 15) is 8.42 Å². The molecule has 68 valence electrons. The van der Waals surface area contributed by atoms with Gasteiger partial charge in [-0.15, -0.1) is 11.6 Å². The zero-order valence-corrected chi connectivity index (χ0v) is 7.86. The highest BCUT2D eigenvalue weighted by molar-refractivity contribution is 7.85. The van der Waals surface area contributed by atoms with Gasteiger partial charge in [0.2, 0.25) is 0 Å². The predicted molar refractivity (Wildman–Crippen MR) is 45.6 cm³/mol. The molecule has 0 atom stereocenters. The van der Waals surface area contributed by atoms with Crippen LogP contribution in [0.2, 0.25) is 0 Å². The Balaban J connectivity index is 3.16. The molecule has 3 nitrogen and oxygen atoms in total. The zero-order chi connectivity index (χ0) is 8.74. The Hall–Kier alpha value is 0.200. The first-order chi connectivity index (χ1) is 5.06. The fourth-order valence-corrected chi connectivity index (χ4v) is 1.49. The first kappa shape index (κ1) is 11.2. The summed E-state index contributed by atoms with van der Waals surface area (Å²) in [6.45, 7) is 0. The van der Waals surface area contributed by atoms with Crippen molar-refractivity contribution in [2.45, 2.75) is 25.7 Å². The number of rotatable bonds is 6. The van der Waals surface area contributed by atoms with Gasteiger partial charge in [0.25, 0.3) is 10.1 Å². The van der Waals surface area contributed by atoms with Crippen LogP contribution in [0.15, 0.2) is 0 Å². The van der Waals surface area contributed by atoms with Gasteiger partial charge < -0.3 is 0 Å². The quantitative estimate of drug-likeness (QED) is 0.403. The van der Waals surface area contributed by atoms with Crippen LogP contribution in [0.1, 0.15) is 25.7 Å². The topological polar surface area (TPSA) is 54.4 Å². The Morgan fingerprint density at radius 2 is 1.64 bits per heavy atom. The number of alkyl halides is 1. The lowest BCUT2D eigenvalue weighted by molar-refractivity contribution is 0.479. The fraction of sp³-hybridized carbons (Fsp3) is 1.00. The molecule has 0 saturated carbocycles. The molecule has 0 aromatic rings. The summed E-state index contributed by atoms with van der Waals surface area (Å²) in [6, 6.07) is 0. The highest BCUT2D eigenvalue weighted by atomic mass is 35.5. The van der Waals surface area contributed by atoms with E-state index < -0.39 is 10.1 Å². The van der Waals surface area contributed by atoms with E-state index >= 15 is 0 Å². The minimum absolute atomic E-state index is 0.130. The summed E-state index contributed by atoms with van der Waals surface area (Å²) in [5, 5.41) is 0. The average molecular weight is 201 g/mol. The molecule has 0 bridgehead atoms. The predicted octanol–water partition coefficient (Wildman–Crippen LogP) is 1.67. The number of unbranched alkanes of at least 4 members (excludes halogenated alkanes) is 3. The summed E-state index contributed by atoms with van der Waals surface area (Å²) >= 11 is 5.40. The van der Waals surface area contributed by atoms with Crippen molar-refractivity contribution in [2.24, 2.45) is 0 Å². The van der Waals surface area contributed by atoms with Crippen LogP contribution < -0.4 is 0 Å². The minimum Gasteiger partial charge on any atom is -0.286 e. The van der Waals surface area contributed by atoms with E-state index in [4.69, 9.17) is 16.2 Å². The van der Waals surface area contributed by atoms with Crippen molar-refractivity contribution < 1.29 is 13.0 Å². The molecule has 0 heterocycles. The molecular formula is C6H13ClO3S. The smallest absolute Gasteiger partial charge is 0.264 e. The second-order valence-electron chi connectivity index (χ2n) is 2.39. The molecule has 0 rings (SSSR count). The molecule has 0 aliphatic rings. The Labute approximate surface area is 72.5 Å². The molecule has 0 aromatic heterocycles. The Morgan fingerprint density at radius 3 is 2.09 bits per heavy atom. The molecule has 0 fully saturated rings. The van der Waals surface area contributed by atoms with Crippen LogP contribution in [-0.2, 0) is 10.1 Å². The summed E-state index contributed by atoms with van der Waals surface area (Å²) in [5.41, 5.74) is 0. The molecule has 0 aliphatic heterocycles. The summed E-state index contributed by atoms with van der Waals surface area (Å²) < 4.78 is 28.7. The van der Waals surface area contributed by atoms with Crippen molar-refractivity contribution in [3.63, 3.8) is 0 Å². The summed E-state index contributed by atoms with van der Waals surface area (Å²) in [4.78, 5) is 0. The maximum absolute atomic E-state index is 10.2. The second kappa shape index (κ2) is 5.80. The lowest BCUT2D eigenvalue weighted by atomic mass is 10.2. The molecule has 0 unspecified atom stereocenters. The summed E-state index contributed by atoms with van der Waals surface area (Å²) in [5.74, 6) is 0.487. The maximum atomic E-state index is 10.2. The first-order valence-corrected chi connectivity index (χ1v) is 5.72. The van der Waals surface area contributed by atoms with Crippen LogP contribution in [0.4, 0.5) is 0 Å². The van der Waals surface area contributed by atoms with Crippen molar-refractivity contribution in [1.29, 1.82) is 0 Å². The van der Waals surface area contributed by atoms with Gasteiger partial charge >= 0.3 is 0 Å².